The summed E-state index contributed by atoms with van der Waals surface area (Å²) in [5.41, 5.74) is 3.74. The third-order valence-corrected chi connectivity index (χ3v) is 3.37. The summed E-state index contributed by atoms with van der Waals surface area (Å²) in [6.45, 7) is 7.04. The average Bonchev–Trinajstić information content (AvgIpc) is 2.48. The van der Waals surface area contributed by atoms with Gasteiger partial charge in [0, 0.05) is 19.6 Å². The average molecular weight is 283 g/mol. The lowest BCUT2D eigenvalue weighted by Crippen LogP contribution is -2.18. The van der Waals surface area contributed by atoms with Gasteiger partial charge in [-0.2, -0.15) is 0 Å². The smallest absolute Gasteiger partial charge is 0.126 e. The molecule has 0 unspecified atom stereocenters. The Morgan fingerprint density at radius 3 is 2.52 bits per heavy atom. The third-order valence-electron chi connectivity index (χ3n) is 3.37. The molecule has 0 aliphatic carbocycles. The molecule has 0 spiro atoms. The van der Waals surface area contributed by atoms with Crippen molar-refractivity contribution in [3.05, 3.63) is 59.3 Å². The summed E-state index contributed by atoms with van der Waals surface area (Å²) in [7, 11) is 2.13. The van der Waals surface area contributed by atoms with E-state index in [4.69, 9.17) is 0 Å². The molecule has 0 saturated heterocycles. The van der Waals surface area contributed by atoms with Crippen LogP contribution in [-0.2, 0) is 13.1 Å². The zero-order valence-electron chi connectivity index (χ0n) is 13.3. The normalized spacial score (nSPS) is 10.9. The van der Waals surface area contributed by atoms with E-state index in [9.17, 15) is 0 Å². The van der Waals surface area contributed by atoms with Gasteiger partial charge in [0.25, 0.3) is 0 Å². The number of aromatic nitrogens is 1. The molecule has 1 N–H and O–H groups in total. The second-order valence-corrected chi connectivity index (χ2v) is 5.60. The number of aryl methyl sites for hydroxylation is 1. The first-order chi connectivity index (χ1) is 10.2. The van der Waals surface area contributed by atoms with Crippen LogP contribution >= 0.6 is 0 Å². The van der Waals surface area contributed by atoms with Gasteiger partial charge in [-0.15, -0.1) is 0 Å². The van der Waals surface area contributed by atoms with Crippen molar-refractivity contribution in [3.63, 3.8) is 0 Å². The zero-order valence-corrected chi connectivity index (χ0v) is 13.3. The molecule has 0 atom stereocenters. The van der Waals surface area contributed by atoms with Crippen LogP contribution in [0.3, 0.4) is 0 Å². The summed E-state index contributed by atoms with van der Waals surface area (Å²) in [5.74, 6) is 0.970. The Balaban J connectivity index is 1.92. The van der Waals surface area contributed by atoms with Crippen LogP contribution in [0.5, 0.6) is 0 Å². The maximum atomic E-state index is 4.65. The second kappa shape index (κ2) is 7.79. The lowest BCUT2D eigenvalue weighted by molar-refractivity contribution is 0.315. The molecule has 3 nitrogen and oxygen atoms in total. The van der Waals surface area contributed by atoms with Gasteiger partial charge >= 0.3 is 0 Å². The van der Waals surface area contributed by atoms with E-state index in [1.165, 1.54) is 11.1 Å². The molecular formula is C18H25N3. The van der Waals surface area contributed by atoms with Crippen molar-refractivity contribution in [2.24, 2.45) is 0 Å². The van der Waals surface area contributed by atoms with Crippen LogP contribution in [0.1, 0.15) is 30.2 Å². The molecule has 3 heteroatoms. The highest BCUT2D eigenvalue weighted by molar-refractivity contribution is 5.35. The first-order valence-corrected chi connectivity index (χ1v) is 7.61. The number of nitrogens with one attached hydrogen (secondary N) is 1. The van der Waals surface area contributed by atoms with Crippen molar-refractivity contribution < 1.29 is 0 Å². The first kappa shape index (κ1) is 15.5. The number of benzene rings is 1. The Morgan fingerprint density at radius 2 is 1.81 bits per heavy atom. The van der Waals surface area contributed by atoms with E-state index in [0.717, 1.165) is 37.6 Å². The zero-order chi connectivity index (χ0) is 15.1. The summed E-state index contributed by atoms with van der Waals surface area (Å²) < 4.78 is 0. The number of rotatable bonds is 7. The van der Waals surface area contributed by atoms with E-state index in [-0.39, 0.29) is 0 Å². The van der Waals surface area contributed by atoms with Crippen molar-refractivity contribution in [1.82, 2.24) is 9.88 Å². The fraction of sp³-hybridized carbons (Fsp3) is 0.389. The number of hydrogen-bond acceptors (Lipinski definition) is 3. The first-order valence-electron chi connectivity index (χ1n) is 7.61. The maximum Gasteiger partial charge on any atom is 0.126 e. The molecule has 21 heavy (non-hydrogen) atoms. The summed E-state index contributed by atoms with van der Waals surface area (Å²) >= 11 is 0. The van der Waals surface area contributed by atoms with Crippen molar-refractivity contribution in [2.75, 3.05) is 18.9 Å². The van der Waals surface area contributed by atoms with Crippen LogP contribution in [-0.4, -0.2) is 23.5 Å². The molecule has 0 aliphatic rings. The number of hydrogen-bond donors (Lipinski definition) is 1. The van der Waals surface area contributed by atoms with Crippen LogP contribution in [0.25, 0.3) is 0 Å². The second-order valence-electron chi connectivity index (χ2n) is 5.60. The van der Waals surface area contributed by atoms with Crippen LogP contribution < -0.4 is 5.32 Å². The summed E-state index contributed by atoms with van der Waals surface area (Å²) in [6.07, 6.45) is 1.11. The molecule has 1 aromatic heterocycles. The van der Waals surface area contributed by atoms with Crippen LogP contribution in [0, 0.1) is 6.92 Å². The van der Waals surface area contributed by atoms with E-state index in [1.54, 1.807) is 0 Å². The van der Waals surface area contributed by atoms with E-state index in [1.807, 2.05) is 6.07 Å². The predicted octanol–water partition coefficient (Wildman–Crippen LogP) is 3.84. The minimum atomic E-state index is 0.857. The van der Waals surface area contributed by atoms with E-state index >= 15 is 0 Å². The fourth-order valence-electron chi connectivity index (χ4n) is 2.26. The third kappa shape index (κ3) is 5.20. The Bertz CT molecular complexity index is 549. The van der Waals surface area contributed by atoms with Crippen LogP contribution in [0.4, 0.5) is 5.82 Å². The minimum Gasteiger partial charge on any atom is -0.370 e. The number of nitrogens with zero attached hydrogens (tertiary/aromatic N) is 2. The monoisotopic (exact) mass is 283 g/mol. The summed E-state index contributed by atoms with van der Waals surface area (Å²) in [6, 6.07) is 14.9. The Labute approximate surface area is 128 Å². The lowest BCUT2D eigenvalue weighted by Gasteiger charge is -2.17. The molecule has 2 aromatic rings. The van der Waals surface area contributed by atoms with Gasteiger partial charge in [-0.05, 0) is 38.1 Å². The molecule has 0 radical (unpaired) electrons. The van der Waals surface area contributed by atoms with Gasteiger partial charge in [-0.1, -0.05) is 42.8 Å². The molecule has 1 aromatic carbocycles. The van der Waals surface area contributed by atoms with Crippen LogP contribution in [0.2, 0.25) is 0 Å². The van der Waals surface area contributed by atoms with Gasteiger partial charge in [-0.3, -0.25) is 4.90 Å². The largest absolute Gasteiger partial charge is 0.370 e. The Kier molecular flexibility index (Phi) is 5.76. The molecular weight excluding hydrogens is 258 g/mol. The van der Waals surface area contributed by atoms with Gasteiger partial charge in [0.2, 0.25) is 0 Å². The molecule has 0 saturated carbocycles. The summed E-state index contributed by atoms with van der Waals surface area (Å²) in [4.78, 5) is 6.94. The van der Waals surface area contributed by atoms with Crippen LogP contribution in [0.15, 0.2) is 42.5 Å². The standard InChI is InChI=1S/C18H25N3/c1-4-12-19-18-7-5-6-17(20-18)14-21(3)13-16-10-8-15(2)9-11-16/h5-11H,4,12-14H2,1-3H3,(H,19,20). The topological polar surface area (TPSA) is 28.2 Å². The highest BCUT2D eigenvalue weighted by Gasteiger charge is 2.04. The van der Waals surface area contributed by atoms with Gasteiger partial charge in [0.15, 0.2) is 0 Å². The highest BCUT2D eigenvalue weighted by Crippen LogP contribution is 2.10. The van der Waals surface area contributed by atoms with Crippen molar-refractivity contribution in [3.8, 4) is 0 Å². The molecule has 0 amide bonds. The SMILES string of the molecule is CCCNc1cccc(CN(C)Cc2ccc(C)cc2)n1. The van der Waals surface area contributed by atoms with Gasteiger partial charge in [0.05, 0.1) is 5.69 Å². The summed E-state index contributed by atoms with van der Waals surface area (Å²) in [5, 5.41) is 3.33. The Hall–Kier alpha value is -1.87. The minimum absolute atomic E-state index is 0.857. The lowest BCUT2D eigenvalue weighted by atomic mass is 10.1. The highest BCUT2D eigenvalue weighted by atomic mass is 15.1. The van der Waals surface area contributed by atoms with Gasteiger partial charge in [-0.25, -0.2) is 4.98 Å². The van der Waals surface area contributed by atoms with Gasteiger partial charge < -0.3 is 5.32 Å². The van der Waals surface area contributed by atoms with Gasteiger partial charge in [0.1, 0.15) is 5.82 Å². The molecule has 0 bridgehead atoms. The van der Waals surface area contributed by atoms with E-state index in [2.05, 4.69) is 72.5 Å². The van der Waals surface area contributed by atoms with Crippen molar-refractivity contribution in [1.29, 1.82) is 0 Å². The predicted molar refractivity (Wildman–Crippen MR) is 89.4 cm³/mol. The quantitative estimate of drug-likeness (QED) is 0.836. The number of anilines is 1. The molecule has 2 rings (SSSR count). The molecule has 0 aliphatic heterocycles. The van der Waals surface area contributed by atoms with E-state index < -0.39 is 0 Å². The fourth-order valence-corrected chi connectivity index (χ4v) is 2.26. The van der Waals surface area contributed by atoms with Crippen molar-refractivity contribution >= 4 is 5.82 Å². The molecule has 1 heterocycles. The molecule has 112 valence electrons. The number of pyridine rings is 1. The van der Waals surface area contributed by atoms with Crippen molar-refractivity contribution in [2.45, 2.75) is 33.4 Å². The molecule has 0 fully saturated rings. The van der Waals surface area contributed by atoms with E-state index in [0.29, 0.717) is 0 Å². The Morgan fingerprint density at radius 1 is 1.05 bits per heavy atom. The maximum absolute atomic E-state index is 4.65.